The van der Waals surface area contributed by atoms with E-state index in [2.05, 4.69) is 43.6 Å². The lowest BCUT2D eigenvalue weighted by Crippen LogP contribution is -2.42. The molecule has 2 rings (SSSR count). The van der Waals surface area contributed by atoms with Crippen LogP contribution in [0.1, 0.15) is 44.5 Å². The quantitative estimate of drug-likeness (QED) is 0.848. The fourth-order valence-electron chi connectivity index (χ4n) is 2.76. The molecular formula is C16H26N2O2S. The molecule has 0 aliphatic carbocycles. The number of carbonyl (C=O) groups excluding carboxylic acids is 1. The molecule has 5 heteroatoms. The van der Waals surface area contributed by atoms with E-state index in [1.54, 1.807) is 16.2 Å². The Labute approximate surface area is 131 Å². The third-order valence-electron chi connectivity index (χ3n) is 3.85. The Balaban J connectivity index is 1.88. The maximum absolute atomic E-state index is 11.6. The summed E-state index contributed by atoms with van der Waals surface area (Å²) in [6.45, 7) is 8.31. The van der Waals surface area contributed by atoms with Gasteiger partial charge in [-0.15, -0.1) is 11.3 Å². The molecule has 2 heterocycles. The lowest BCUT2D eigenvalue weighted by atomic mass is 9.85. The van der Waals surface area contributed by atoms with E-state index in [4.69, 9.17) is 0 Å². The van der Waals surface area contributed by atoms with Gasteiger partial charge in [-0.2, -0.15) is 0 Å². The van der Waals surface area contributed by atoms with Crippen molar-refractivity contribution in [3.05, 3.63) is 22.4 Å². The van der Waals surface area contributed by atoms with Crippen molar-refractivity contribution in [2.75, 3.05) is 19.6 Å². The Hall–Kier alpha value is -0.910. The molecule has 1 aromatic heterocycles. The predicted molar refractivity (Wildman–Crippen MR) is 86.3 cm³/mol. The van der Waals surface area contributed by atoms with Crippen molar-refractivity contribution in [2.45, 2.75) is 45.8 Å². The second-order valence-electron chi connectivity index (χ2n) is 6.82. The summed E-state index contributed by atoms with van der Waals surface area (Å²) < 4.78 is 0. The first-order chi connectivity index (χ1) is 9.88. The highest BCUT2D eigenvalue weighted by Crippen LogP contribution is 2.34. The third kappa shape index (κ3) is 4.53. The normalized spacial score (nSPS) is 19.0. The Morgan fingerprint density at radius 1 is 1.48 bits per heavy atom. The average molecular weight is 310 g/mol. The van der Waals surface area contributed by atoms with E-state index in [0.717, 1.165) is 13.0 Å². The van der Waals surface area contributed by atoms with Gasteiger partial charge >= 0.3 is 0 Å². The first-order valence-corrected chi connectivity index (χ1v) is 8.48. The zero-order chi connectivity index (χ0) is 15.5. The van der Waals surface area contributed by atoms with Crippen molar-refractivity contribution in [2.24, 2.45) is 5.41 Å². The topological polar surface area (TPSA) is 52.6 Å². The second kappa shape index (κ2) is 6.90. The van der Waals surface area contributed by atoms with Crippen LogP contribution >= 0.6 is 11.3 Å². The van der Waals surface area contributed by atoms with Gasteiger partial charge < -0.3 is 15.3 Å². The van der Waals surface area contributed by atoms with Crippen molar-refractivity contribution >= 4 is 17.2 Å². The van der Waals surface area contributed by atoms with Crippen LogP contribution in [-0.2, 0) is 4.79 Å². The Morgan fingerprint density at radius 3 is 2.76 bits per heavy atom. The predicted octanol–water partition coefficient (Wildman–Crippen LogP) is 2.41. The fraction of sp³-hybridized carbons (Fsp3) is 0.688. The average Bonchev–Trinajstić information content (AvgIpc) is 3.01. The van der Waals surface area contributed by atoms with Crippen LogP contribution in [-0.4, -0.2) is 41.7 Å². The summed E-state index contributed by atoms with van der Waals surface area (Å²) in [6.07, 6.45) is 1.02. The summed E-state index contributed by atoms with van der Waals surface area (Å²) in [5.74, 6) is 0.166. The molecule has 2 unspecified atom stereocenters. The van der Waals surface area contributed by atoms with Crippen molar-refractivity contribution in [3.63, 3.8) is 0 Å². The first kappa shape index (κ1) is 16.5. The second-order valence-corrected chi connectivity index (χ2v) is 7.80. The molecule has 0 bridgehead atoms. The van der Waals surface area contributed by atoms with Crippen molar-refractivity contribution in [1.82, 2.24) is 10.2 Å². The zero-order valence-corrected chi connectivity index (χ0v) is 13.9. The Kier molecular flexibility index (Phi) is 5.41. The van der Waals surface area contributed by atoms with Crippen molar-refractivity contribution in [1.29, 1.82) is 0 Å². The van der Waals surface area contributed by atoms with Crippen LogP contribution < -0.4 is 5.32 Å². The number of aliphatic hydroxyl groups excluding tert-OH is 1. The summed E-state index contributed by atoms with van der Waals surface area (Å²) in [7, 11) is 0. The standard InChI is InChI=1S/C16H26N2O2S/c1-16(2,3)15(13-6-5-9-21-13)17-10-12(19)11-18-8-4-7-14(18)20/h5-6,9,12,15,17,19H,4,7-8,10-11H2,1-3H3. The smallest absolute Gasteiger partial charge is 0.222 e. The van der Waals surface area contributed by atoms with Crippen molar-refractivity contribution < 1.29 is 9.90 Å². The molecule has 1 amide bonds. The number of nitrogens with one attached hydrogen (secondary N) is 1. The van der Waals surface area contributed by atoms with Gasteiger partial charge in [0, 0.05) is 37.0 Å². The van der Waals surface area contributed by atoms with Gasteiger partial charge in [0.05, 0.1) is 6.10 Å². The van der Waals surface area contributed by atoms with E-state index in [-0.39, 0.29) is 17.4 Å². The SMILES string of the molecule is CC(C)(C)C(NCC(O)CN1CCCC1=O)c1cccs1. The van der Waals surface area contributed by atoms with Gasteiger partial charge in [-0.25, -0.2) is 0 Å². The summed E-state index contributed by atoms with van der Waals surface area (Å²) >= 11 is 1.73. The Morgan fingerprint density at radius 2 is 2.24 bits per heavy atom. The van der Waals surface area contributed by atoms with Crippen LogP contribution in [0, 0.1) is 5.41 Å². The summed E-state index contributed by atoms with van der Waals surface area (Å²) in [6, 6.07) is 4.39. The van der Waals surface area contributed by atoms with Gasteiger partial charge in [-0.1, -0.05) is 26.8 Å². The number of hydrogen-bond donors (Lipinski definition) is 2. The monoisotopic (exact) mass is 310 g/mol. The summed E-state index contributed by atoms with van der Waals surface area (Å²) in [4.78, 5) is 14.6. The number of likely N-dealkylation sites (tertiary alicyclic amines) is 1. The number of nitrogens with zero attached hydrogens (tertiary/aromatic N) is 1. The Bertz CT molecular complexity index is 453. The maximum Gasteiger partial charge on any atom is 0.222 e. The molecular weight excluding hydrogens is 284 g/mol. The molecule has 2 atom stereocenters. The third-order valence-corrected chi connectivity index (χ3v) is 4.79. The minimum atomic E-state index is -0.517. The molecule has 4 nitrogen and oxygen atoms in total. The fourth-order valence-corrected chi connectivity index (χ4v) is 3.80. The molecule has 1 aliphatic rings. The number of rotatable bonds is 6. The number of thiophene rings is 1. The summed E-state index contributed by atoms with van der Waals surface area (Å²) in [5.41, 5.74) is 0.0774. The maximum atomic E-state index is 11.6. The first-order valence-electron chi connectivity index (χ1n) is 7.60. The molecule has 0 aromatic carbocycles. The van der Waals surface area contributed by atoms with Crippen LogP contribution in [0.5, 0.6) is 0 Å². The minimum absolute atomic E-state index is 0.0774. The van der Waals surface area contributed by atoms with Gasteiger partial charge in [0.2, 0.25) is 5.91 Å². The molecule has 2 N–H and O–H groups in total. The van der Waals surface area contributed by atoms with Crippen LogP contribution in [0.4, 0.5) is 0 Å². The number of carbonyl (C=O) groups is 1. The molecule has 0 saturated carbocycles. The molecule has 1 aliphatic heterocycles. The molecule has 0 radical (unpaired) electrons. The molecule has 1 fully saturated rings. The molecule has 21 heavy (non-hydrogen) atoms. The van der Waals surface area contributed by atoms with Crippen molar-refractivity contribution in [3.8, 4) is 0 Å². The van der Waals surface area contributed by atoms with Gasteiger partial charge in [0.15, 0.2) is 0 Å². The highest BCUT2D eigenvalue weighted by atomic mass is 32.1. The highest BCUT2D eigenvalue weighted by molar-refractivity contribution is 7.10. The zero-order valence-electron chi connectivity index (χ0n) is 13.1. The highest BCUT2D eigenvalue weighted by Gasteiger charge is 2.28. The number of hydrogen-bond acceptors (Lipinski definition) is 4. The molecule has 1 aromatic rings. The lowest BCUT2D eigenvalue weighted by Gasteiger charge is -2.32. The molecule has 1 saturated heterocycles. The number of aliphatic hydroxyl groups is 1. The van der Waals surface area contributed by atoms with E-state index in [9.17, 15) is 9.90 Å². The lowest BCUT2D eigenvalue weighted by molar-refractivity contribution is -0.128. The van der Waals surface area contributed by atoms with E-state index < -0.39 is 6.10 Å². The van der Waals surface area contributed by atoms with Crippen LogP contribution in [0.25, 0.3) is 0 Å². The van der Waals surface area contributed by atoms with Gasteiger partial charge in [-0.05, 0) is 23.3 Å². The van der Waals surface area contributed by atoms with Crippen LogP contribution in [0.3, 0.4) is 0 Å². The number of amides is 1. The number of β-amino-alcohol motifs (C(OH)–C–C–N with tert-alkyl or cyclic N) is 1. The largest absolute Gasteiger partial charge is 0.390 e. The van der Waals surface area contributed by atoms with Crippen LogP contribution in [0.15, 0.2) is 17.5 Å². The van der Waals surface area contributed by atoms with Crippen LogP contribution in [0.2, 0.25) is 0 Å². The molecule has 118 valence electrons. The van der Waals surface area contributed by atoms with E-state index in [1.807, 2.05) is 0 Å². The minimum Gasteiger partial charge on any atom is -0.390 e. The van der Waals surface area contributed by atoms with E-state index in [1.165, 1.54) is 4.88 Å². The van der Waals surface area contributed by atoms with Gasteiger partial charge in [-0.3, -0.25) is 4.79 Å². The van der Waals surface area contributed by atoms with Gasteiger partial charge in [0.1, 0.15) is 0 Å². The molecule has 0 spiro atoms. The van der Waals surface area contributed by atoms with E-state index >= 15 is 0 Å². The summed E-state index contributed by atoms with van der Waals surface area (Å²) in [5, 5.41) is 15.7. The van der Waals surface area contributed by atoms with Gasteiger partial charge in [0.25, 0.3) is 0 Å². The van der Waals surface area contributed by atoms with E-state index in [0.29, 0.717) is 19.5 Å².